The maximum Gasteiger partial charge on any atom is 0 e. The van der Waals surface area contributed by atoms with E-state index < -0.39 is 0 Å². The smallest absolute Gasteiger partial charge is 0 e. The Bertz CT molecular complexity index is 346. The third-order valence-electron chi connectivity index (χ3n) is 2.37. The molecular weight excluding hydrogens is 250 g/mol. The molecule has 0 N–H and O–H groups in total. The SMILES string of the molecule is CC[c-]1cccc1.CN(C)C[c-]1[cH-][cH-][cH-][cH-]1.[Fe]. The monoisotopic (exact) mass is 271 g/mol. The number of hydrogen-bond donors (Lipinski definition) is 0. The molecule has 2 rings (SSSR count). The maximum absolute atomic E-state index is 2.16. The van der Waals surface area contributed by atoms with Crippen LogP contribution in [0.2, 0.25) is 0 Å². The molecule has 2 aromatic carbocycles. The van der Waals surface area contributed by atoms with Crippen LogP contribution >= 0.6 is 0 Å². The van der Waals surface area contributed by atoms with Gasteiger partial charge in [0, 0.05) is 17.1 Å². The molecule has 0 fully saturated rings. The Morgan fingerprint density at radius 2 is 1.59 bits per heavy atom. The molecule has 2 heteroatoms. The summed E-state index contributed by atoms with van der Waals surface area (Å²) in [6, 6.07) is 16.8. The van der Waals surface area contributed by atoms with Crippen LogP contribution in [-0.2, 0) is 30.0 Å². The van der Waals surface area contributed by atoms with Crippen LogP contribution in [0.3, 0.4) is 0 Å². The molecule has 0 saturated carbocycles. The molecule has 0 spiro atoms. The van der Waals surface area contributed by atoms with Crippen molar-refractivity contribution in [2.24, 2.45) is 0 Å². The second-order valence-electron chi connectivity index (χ2n) is 4.18. The average molecular weight is 271 g/mol. The maximum atomic E-state index is 2.16. The van der Waals surface area contributed by atoms with Crippen molar-refractivity contribution in [3.8, 4) is 0 Å². The van der Waals surface area contributed by atoms with E-state index in [2.05, 4.69) is 74.4 Å². The topological polar surface area (TPSA) is 3.24 Å². The van der Waals surface area contributed by atoms with Crippen molar-refractivity contribution in [3.63, 3.8) is 0 Å². The minimum Gasteiger partial charge on any atom is -0.748 e. The number of hydrogen-bond acceptors (Lipinski definition) is 1. The molecule has 0 saturated heterocycles. The van der Waals surface area contributed by atoms with Gasteiger partial charge in [-0.2, -0.15) is 24.2 Å². The van der Waals surface area contributed by atoms with Gasteiger partial charge in [-0.1, -0.05) is 13.3 Å². The van der Waals surface area contributed by atoms with Gasteiger partial charge in [-0.3, -0.25) is 0 Å². The standard InChI is InChI=1S/C8H12N.C7H9.Fe/c1-9(2)7-8-5-3-4-6-8;1-2-7-5-3-4-6-7;/h3-6H,7H2,1-2H3;3-6H,2H2,1H3;/q-5;-1;. The molecule has 0 aliphatic heterocycles. The zero-order valence-corrected chi connectivity index (χ0v) is 11.9. The molecule has 2 aromatic rings. The van der Waals surface area contributed by atoms with Crippen molar-refractivity contribution in [2.45, 2.75) is 19.9 Å². The second kappa shape index (κ2) is 9.23. The molecule has 0 amide bonds. The Morgan fingerprint density at radius 1 is 1.06 bits per heavy atom. The van der Waals surface area contributed by atoms with Crippen LogP contribution < -0.4 is 0 Å². The summed E-state index contributed by atoms with van der Waals surface area (Å²) < 4.78 is 0. The Balaban J connectivity index is 0.000000292. The van der Waals surface area contributed by atoms with E-state index >= 15 is 0 Å². The zero-order valence-electron chi connectivity index (χ0n) is 10.8. The summed E-state index contributed by atoms with van der Waals surface area (Å²) in [7, 11) is 4.15. The molecule has 100 valence electrons. The van der Waals surface area contributed by atoms with E-state index in [-0.39, 0.29) is 17.1 Å². The van der Waals surface area contributed by atoms with Crippen LogP contribution in [0.5, 0.6) is 0 Å². The van der Waals surface area contributed by atoms with E-state index in [9.17, 15) is 0 Å². The normalized spacial score (nSPS) is 9.41. The van der Waals surface area contributed by atoms with Crippen molar-refractivity contribution >= 4 is 0 Å². The Hall–Kier alpha value is -0.821. The zero-order chi connectivity index (χ0) is 11.8. The molecule has 0 aromatic heterocycles. The Morgan fingerprint density at radius 3 is 1.94 bits per heavy atom. The number of aryl methyl sites for hydroxylation is 1. The fourth-order valence-corrected chi connectivity index (χ4v) is 1.53. The van der Waals surface area contributed by atoms with Gasteiger partial charge in [0.2, 0.25) is 0 Å². The third kappa shape index (κ3) is 7.17. The fraction of sp³-hybridized carbons (Fsp3) is 0.333. The molecule has 0 aliphatic rings. The van der Waals surface area contributed by atoms with Crippen molar-refractivity contribution < 1.29 is 17.1 Å². The van der Waals surface area contributed by atoms with Crippen LogP contribution in [0.25, 0.3) is 0 Å². The van der Waals surface area contributed by atoms with Gasteiger partial charge in [0.05, 0.1) is 0 Å². The first-order chi connectivity index (χ1) is 7.72. The van der Waals surface area contributed by atoms with Gasteiger partial charge in [-0.25, -0.2) is 12.1 Å². The molecule has 0 bridgehead atoms. The Kier molecular flexibility index (Phi) is 8.79. The van der Waals surface area contributed by atoms with Crippen LogP contribution in [0, 0.1) is 0 Å². The minimum atomic E-state index is 0. The van der Waals surface area contributed by atoms with Gasteiger partial charge in [0.15, 0.2) is 0 Å². The van der Waals surface area contributed by atoms with Crippen molar-refractivity contribution in [2.75, 3.05) is 14.1 Å². The van der Waals surface area contributed by atoms with Crippen LogP contribution in [0.15, 0.2) is 48.5 Å². The van der Waals surface area contributed by atoms with Crippen LogP contribution in [0.1, 0.15) is 18.1 Å². The molecule has 0 heterocycles. The second-order valence-corrected chi connectivity index (χ2v) is 4.18. The predicted octanol–water partition coefficient (Wildman–Crippen LogP) is 3.43. The Labute approximate surface area is 116 Å². The first kappa shape index (κ1) is 16.2. The average Bonchev–Trinajstić information content (AvgIpc) is 2.88. The van der Waals surface area contributed by atoms with E-state index in [1.54, 1.807) is 0 Å². The van der Waals surface area contributed by atoms with Crippen molar-refractivity contribution in [1.29, 1.82) is 0 Å². The summed E-state index contributed by atoms with van der Waals surface area (Å²) in [5, 5.41) is 0. The largest absolute Gasteiger partial charge is 0.748 e. The van der Waals surface area contributed by atoms with Gasteiger partial charge >= 0.3 is 0 Å². The van der Waals surface area contributed by atoms with E-state index in [0.717, 1.165) is 13.0 Å². The van der Waals surface area contributed by atoms with E-state index in [4.69, 9.17) is 0 Å². The predicted molar refractivity (Wildman–Crippen MR) is 70.8 cm³/mol. The van der Waals surface area contributed by atoms with Gasteiger partial charge in [-0.05, 0) is 14.1 Å². The van der Waals surface area contributed by atoms with Gasteiger partial charge in [0.1, 0.15) is 0 Å². The molecular formula is C15H21FeN-6. The summed E-state index contributed by atoms with van der Waals surface area (Å²) in [5.41, 5.74) is 2.82. The molecule has 0 aliphatic carbocycles. The van der Waals surface area contributed by atoms with Crippen molar-refractivity contribution in [3.05, 3.63) is 59.7 Å². The molecule has 1 nitrogen and oxygen atoms in total. The number of rotatable bonds is 3. The van der Waals surface area contributed by atoms with Crippen molar-refractivity contribution in [1.82, 2.24) is 4.90 Å². The summed E-state index contributed by atoms with van der Waals surface area (Å²) in [6.07, 6.45) is 1.16. The van der Waals surface area contributed by atoms with Crippen LogP contribution in [-0.4, -0.2) is 19.0 Å². The quantitative estimate of drug-likeness (QED) is 0.610. The molecule has 0 unspecified atom stereocenters. The summed E-state index contributed by atoms with van der Waals surface area (Å²) in [5.74, 6) is 0. The van der Waals surface area contributed by atoms with Gasteiger partial charge in [-0.15, -0.1) is 0 Å². The minimum absolute atomic E-state index is 0. The first-order valence-electron chi connectivity index (χ1n) is 5.78. The van der Waals surface area contributed by atoms with E-state index in [0.29, 0.717) is 0 Å². The van der Waals surface area contributed by atoms with E-state index in [1.807, 2.05) is 0 Å². The van der Waals surface area contributed by atoms with Crippen LogP contribution in [0.4, 0.5) is 0 Å². The number of nitrogens with zero attached hydrogens (tertiary/aromatic N) is 1. The summed E-state index contributed by atoms with van der Waals surface area (Å²) in [6.45, 7) is 3.21. The molecule has 0 radical (unpaired) electrons. The van der Waals surface area contributed by atoms with Gasteiger partial charge in [0.25, 0.3) is 0 Å². The molecule has 0 atom stereocenters. The first-order valence-corrected chi connectivity index (χ1v) is 5.78. The fourth-order valence-electron chi connectivity index (χ4n) is 1.53. The third-order valence-corrected chi connectivity index (χ3v) is 2.37. The van der Waals surface area contributed by atoms with Gasteiger partial charge < -0.3 is 34.7 Å². The molecule has 17 heavy (non-hydrogen) atoms. The summed E-state index contributed by atoms with van der Waals surface area (Å²) >= 11 is 0. The van der Waals surface area contributed by atoms with E-state index in [1.165, 1.54) is 11.1 Å². The summed E-state index contributed by atoms with van der Waals surface area (Å²) in [4.78, 5) is 2.16.